The van der Waals surface area contributed by atoms with Gasteiger partial charge >= 0.3 is 5.97 Å². The van der Waals surface area contributed by atoms with Crippen molar-refractivity contribution in [3.05, 3.63) is 28.8 Å². The van der Waals surface area contributed by atoms with Crippen molar-refractivity contribution in [2.75, 3.05) is 0 Å². The van der Waals surface area contributed by atoms with Crippen LogP contribution < -0.4 is 4.74 Å². The number of aryl methyl sites for hydroxylation is 1. The van der Waals surface area contributed by atoms with E-state index in [1.54, 1.807) is 0 Å². The van der Waals surface area contributed by atoms with E-state index >= 15 is 0 Å². The Hall–Kier alpha value is -1.31. The van der Waals surface area contributed by atoms with Gasteiger partial charge in [-0.3, -0.25) is 4.79 Å². The molecule has 2 rings (SSSR count). The lowest BCUT2D eigenvalue weighted by molar-refractivity contribution is -0.137. The van der Waals surface area contributed by atoms with Crippen LogP contribution in [0.4, 0.5) is 0 Å². The minimum absolute atomic E-state index is 0.108. The lowest BCUT2D eigenvalue weighted by atomic mass is 9.78. The van der Waals surface area contributed by atoms with Crippen molar-refractivity contribution in [3.63, 3.8) is 0 Å². The maximum absolute atomic E-state index is 11.5. The molecule has 1 aliphatic rings. The van der Waals surface area contributed by atoms with E-state index in [4.69, 9.17) is 4.74 Å². The van der Waals surface area contributed by atoms with Crippen molar-refractivity contribution in [1.29, 1.82) is 0 Å². The van der Waals surface area contributed by atoms with Gasteiger partial charge in [0, 0.05) is 11.0 Å². The van der Waals surface area contributed by atoms with Gasteiger partial charge in [0.15, 0.2) is 0 Å². The number of hydrogen-bond donors (Lipinski definition) is 0. The summed E-state index contributed by atoms with van der Waals surface area (Å²) < 4.78 is 5.34. The molecule has 1 aromatic carbocycles. The van der Waals surface area contributed by atoms with E-state index in [1.807, 2.05) is 13.8 Å². The molecule has 0 radical (unpaired) electrons. The average molecular weight is 204 g/mol. The predicted octanol–water partition coefficient (Wildman–Crippen LogP) is 2.89. The van der Waals surface area contributed by atoms with Crippen LogP contribution in [0.3, 0.4) is 0 Å². The van der Waals surface area contributed by atoms with Crippen molar-refractivity contribution >= 4 is 5.97 Å². The van der Waals surface area contributed by atoms with Crippen LogP contribution in [0.1, 0.15) is 37.0 Å². The molecule has 0 saturated carbocycles. The first-order valence-electron chi connectivity index (χ1n) is 5.23. The van der Waals surface area contributed by atoms with E-state index in [0.29, 0.717) is 6.42 Å². The minimum atomic E-state index is -0.124. The van der Waals surface area contributed by atoms with Crippen LogP contribution in [-0.2, 0) is 10.2 Å². The number of carbonyl (C=O) groups is 1. The van der Waals surface area contributed by atoms with Gasteiger partial charge in [-0.15, -0.1) is 0 Å². The van der Waals surface area contributed by atoms with E-state index < -0.39 is 0 Å². The van der Waals surface area contributed by atoms with Crippen molar-refractivity contribution < 1.29 is 9.53 Å². The summed E-state index contributed by atoms with van der Waals surface area (Å²) in [5.41, 5.74) is 3.28. The van der Waals surface area contributed by atoms with Crippen LogP contribution in [0.15, 0.2) is 12.1 Å². The third-order valence-corrected chi connectivity index (χ3v) is 3.21. The van der Waals surface area contributed by atoms with Crippen LogP contribution in [0.5, 0.6) is 5.75 Å². The first-order chi connectivity index (χ1) is 6.92. The van der Waals surface area contributed by atoms with E-state index in [-0.39, 0.29) is 11.4 Å². The molecule has 0 fully saturated rings. The van der Waals surface area contributed by atoms with Gasteiger partial charge in [-0.1, -0.05) is 26.0 Å². The zero-order chi connectivity index (χ0) is 11.2. The summed E-state index contributed by atoms with van der Waals surface area (Å²) in [6.45, 7) is 8.20. The quantitative estimate of drug-likeness (QED) is 0.480. The Labute approximate surface area is 90.3 Å². The molecule has 0 amide bonds. The Morgan fingerprint density at radius 3 is 2.60 bits per heavy atom. The maximum atomic E-state index is 11.5. The van der Waals surface area contributed by atoms with Crippen LogP contribution in [0.25, 0.3) is 0 Å². The van der Waals surface area contributed by atoms with Gasteiger partial charge in [0.05, 0.1) is 6.42 Å². The van der Waals surface area contributed by atoms with Gasteiger partial charge in [0.2, 0.25) is 0 Å². The van der Waals surface area contributed by atoms with Crippen LogP contribution in [0, 0.1) is 13.8 Å². The molecule has 0 saturated heterocycles. The first kappa shape index (κ1) is 10.2. The normalized spacial score (nSPS) is 18.3. The highest BCUT2D eigenvalue weighted by molar-refractivity contribution is 5.78. The fourth-order valence-corrected chi connectivity index (χ4v) is 2.06. The lowest BCUT2D eigenvalue weighted by Gasteiger charge is -2.32. The Morgan fingerprint density at radius 2 is 1.93 bits per heavy atom. The van der Waals surface area contributed by atoms with Crippen molar-refractivity contribution in [2.24, 2.45) is 0 Å². The molecule has 0 aliphatic carbocycles. The number of rotatable bonds is 0. The van der Waals surface area contributed by atoms with Crippen LogP contribution in [-0.4, -0.2) is 5.97 Å². The topological polar surface area (TPSA) is 26.3 Å². The molecule has 0 bridgehead atoms. The summed E-state index contributed by atoms with van der Waals surface area (Å²) >= 11 is 0. The fraction of sp³-hybridized carbons (Fsp3) is 0.462. The van der Waals surface area contributed by atoms with E-state index in [2.05, 4.69) is 26.0 Å². The summed E-state index contributed by atoms with van der Waals surface area (Å²) in [6, 6.07) is 4.17. The Morgan fingerprint density at radius 1 is 1.27 bits per heavy atom. The van der Waals surface area contributed by atoms with Gasteiger partial charge in [0.25, 0.3) is 0 Å². The molecular weight excluding hydrogens is 188 g/mol. The number of benzene rings is 1. The summed E-state index contributed by atoms with van der Waals surface area (Å²) in [5.74, 6) is 0.650. The second kappa shape index (κ2) is 3.09. The fourth-order valence-electron chi connectivity index (χ4n) is 2.06. The molecule has 0 spiro atoms. The number of esters is 1. The highest BCUT2D eigenvalue weighted by atomic mass is 16.5. The number of hydrogen-bond acceptors (Lipinski definition) is 2. The van der Waals surface area contributed by atoms with E-state index in [0.717, 1.165) is 16.9 Å². The van der Waals surface area contributed by atoms with E-state index in [9.17, 15) is 4.79 Å². The molecule has 0 unspecified atom stereocenters. The lowest BCUT2D eigenvalue weighted by Crippen LogP contribution is -2.31. The second-order valence-electron chi connectivity index (χ2n) is 4.92. The van der Waals surface area contributed by atoms with Gasteiger partial charge in [-0.05, 0) is 25.0 Å². The van der Waals surface area contributed by atoms with Gasteiger partial charge in [0.1, 0.15) is 5.75 Å². The number of ether oxygens (including phenoxy) is 1. The molecule has 2 heteroatoms. The zero-order valence-electron chi connectivity index (χ0n) is 9.68. The SMILES string of the molecule is Cc1ccc2c(c1C)OC(=O)CC2(C)C. The number of carbonyl (C=O) groups excluding carboxylic acids is 1. The third-order valence-electron chi connectivity index (χ3n) is 3.21. The maximum Gasteiger partial charge on any atom is 0.312 e. The summed E-state index contributed by atoms with van der Waals surface area (Å²) in [5, 5.41) is 0. The summed E-state index contributed by atoms with van der Waals surface area (Å²) in [4.78, 5) is 11.5. The Balaban J connectivity index is 2.67. The summed E-state index contributed by atoms with van der Waals surface area (Å²) in [7, 11) is 0. The monoisotopic (exact) mass is 204 g/mol. The first-order valence-corrected chi connectivity index (χ1v) is 5.23. The average Bonchev–Trinajstić information content (AvgIpc) is 2.10. The second-order valence-corrected chi connectivity index (χ2v) is 4.92. The minimum Gasteiger partial charge on any atom is -0.426 e. The molecular formula is C13H16O2. The summed E-state index contributed by atoms with van der Waals surface area (Å²) in [6.07, 6.45) is 0.461. The van der Waals surface area contributed by atoms with Gasteiger partial charge < -0.3 is 4.74 Å². The molecule has 0 N–H and O–H groups in total. The molecule has 15 heavy (non-hydrogen) atoms. The van der Waals surface area contributed by atoms with Gasteiger partial charge in [-0.25, -0.2) is 0 Å². The third kappa shape index (κ3) is 1.54. The standard InChI is InChI=1S/C13H16O2/c1-8-5-6-10-12(9(8)2)15-11(14)7-13(10,3)4/h5-6H,7H2,1-4H3. The van der Waals surface area contributed by atoms with E-state index in [1.165, 1.54) is 5.56 Å². The Bertz CT molecular complexity index is 430. The van der Waals surface area contributed by atoms with Gasteiger partial charge in [-0.2, -0.15) is 0 Å². The van der Waals surface area contributed by atoms with Crippen LogP contribution >= 0.6 is 0 Å². The van der Waals surface area contributed by atoms with Crippen molar-refractivity contribution in [3.8, 4) is 5.75 Å². The number of fused-ring (bicyclic) bond motifs is 1. The van der Waals surface area contributed by atoms with Crippen LogP contribution in [0.2, 0.25) is 0 Å². The zero-order valence-corrected chi connectivity index (χ0v) is 9.68. The van der Waals surface area contributed by atoms with Crippen molar-refractivity contribution in [2.45, 2.75) is 39.5 Å². The molecule has 0 aromatic heterocycles. The smallest absolute Gasteiger partial charge is 0.312 e. The highest BCUT2D eigenvalue weighted by Crippen LogP contribution is 2.41. The molecule has 0 atom stereocenters. The molecule has 2 nitrogen and oxygen atoms in total. The predicted molar refractivity (Wildman–Crippen MR) is 59.2 cm³/mol. The Kier molecular flexibility index (Phi) is 2.10. The van der Waals surface area contributed by atoms with Crippen molar-refractivity contribution in [1.82, 2.24) is 0 Å². The largest absolute Gasteiger partial charge is 0.426 e. The molecule has 1 aliphatic heterocycles. The molecule has 1 aromatic rings. The molecule has 80 valence electrons. The molecule has 1 heterocycles. The highest BCUT2D eigenvalue weighted by Gasteiger charge is 2.34.